The molecule has 0 aliphatic carbocycles. The van der Waals surface area contributed by atoms with Gasteiger partial charge in [-0.3, -0.25) is 9.59 Å². The highest BCUT2D eigenvalue weighted by Crippen LogP contribution is 2.11. The van der Waals surface area contributed by atoms with Crippen molar-refractivity contribution in [3.63, 3.8) is 0 Å². The number of Topliss-reactive ketones (excluding diaryl/α,β-unsaturated/α-hetero) is 1. The largest absolute Gasteiger partial charge is 0.449 e. The zero-order valence-corrected chi connectivity index (χ0v) is 14.1. The van der Waals surface area contributed by atoms with Crippen molar-refractivity contribution >= 4 is 29.4 Å². The van der Waals surface area contributed by atoms with E-state index in [9.17, 15) is 14.4 Å². The number of benzene rings is 2. The lowest BCUT2D eigenvalue weighted by molar-refractivity contribution is -0.148. The van der Waals surface area contributed by atoms with Gasteiger partial charge in [0.2, 0.25) is 0 Å². The van der Waals surface area contributed by atoms with Crippen LogP contribution in [0.2, 0.25) is 0 Å². The number of ether oxygens (including phenoxy) is 1. The third-order valence-corrected chi connectivity index (χ3v) is 3.43. The van der Waals surface area contributed by atoms with Gasteiger partial charge in [-0.1, -0.05) is 30.3 Å². The molecule has 0 radical (unpaired) electrons. The van der Waals surface area contributed by atoms with Crippen molar-refractivity contribution in [3.8, 4) is 0 Å². The number of esters is 1. The van der Waals surface area contributed by atoms with Gasteiger partial charge in [0.15, 0.2) is 11.9 Å². The Morgan fingerprint density at radius 3 is 2.24 bits per heavy atom. The molecule has 0 heterocycles. The maximum absolute atomic E-state index is 12.1. The number of hydrogen-bond donors (Lipinski definition) is 1. The summed E-state index contributed by atoms with van der Waals surface area (Å²) in [6.45, 7) is 2.96. The van der Waals surface area contributed by atoms with Crippen molar-refractivity contribution in [1.82, 2.24) is 0 Å². The van der Waals surface area contributed by atoms with Gasteiger partial charge in [-0.25, -0.2) is 4.79 Å². The van der Waals surface area contributed by atoms with E-state index in [4.69, 9.17) is 4.74 Å². The zero-order valence-electron chi connectivity index (χ0n) is 14.1. The Kier molecular flexibility index (Phi) is 6.23. The van der Waals surface area contributed by atoms with Crippen LogP contribution in [0.4, 0.5) is 5.69 Å². The van der Waals surface area contributed by atoms with Gasteiger partial charge in [-0.15, -0.1) is 0 Å². The van der Waals surface area contributed by atoms with Gasteiger partial charge in [-0.05, 0) is 49.8 Å². The molecule has 1 atom stereocenters. The number of carbonyl (C=O) groups is 3. The number of ketones is 1. The molecule has 5 heteroatoms. The molecule has 0 saturated heterocycles. The standard InChI is InChI=1S/C20H19NO4/c1-14(22)17-9-11-18(12-10-17)21-20(24)15(2)25-19(23)13-8-16-6-4-3-5-7-16/h3-13,15H,1-2H3,(H,21,24)/b13-8+. The van der Waals surface area contributed by atoms with E-state index in [1.165, 1.54) is 19.9 Å². The second kappa shape index (κ2) is 8.59. The number of hydrogen-bond acceptors (Lipinski definition) is 4. The normalized spacial score (nSPS) is 11.8. The summed E-state index contributed by atoms with van der Waals surface area (Å²) in [5.74, 6) is -1.10. The van der Waals surface area contributed by atoms with Crippen LogP contribution in [-0.4, -0.2) is 23.8 Å². The molecule has 0 aliphatic heterocycles. The van der Waals surface area contributed by atoms with Gasteiger partial charge in [0, 0.05) is 17.3 Å². The average Bonchev–Trinajstić information content (AvgIpc) is 2.61. The highest BCUT2D eigenvalue weighted by Gasteiger charge is 2.16. The van der Waals surface area contributed by atoms with Gasteiger partial charge >= 0.3 is 5.97 Å². The Morgan fingerprint density at radius 2 is 1.64 bits per heavy atom. The number of nitrogens with one attached hydrogen (secondary N) is 1. The minimum atomic E-state index is -0.944. The van der Waals surface area contributed by atoms with Crippen molar-refractivity contribution in [2.24, 2.45) is 0 Å². The van der Waals surface area contributed by atoms with E-state index < -0.39 is 18.0 Å². The van der Waals surface area contributed by atoms with Crippen molar-refractivity contribution < 1.29 is 19.1 Å². The summed E-state index contributed by atoms with van der Waals surface area (Å²) in [4.78, 5) is 35.1. The Labute approximate surface area is 146 Å². The van der Waals surface area contributed by atoms with Crippen LogP contribution in [0.5, 0.6) is 0 Å². The van der Waals surface area contributed by atoms with E-state index in [2.05, 4.69) is 5.32 Å². The molecular formula is C20H19NO4. The molecule has 0 spiro atoms. The maximum atomic E-state index is 12.1. The highest BCUT2D eigenvalue weighted by atomic mass is 16.5. The number of carbonyl (C=O) groups excluding carboxylic acids is 3. The predicted molar refractivity (Wildman–Crippen MR) is 96.1 cm³/mol. The Hall–Kier alpha value is -3.21. The smallest absolute Gasteiger partial charge is 0.331 e. The lowest BCUT2D eigenvalue weighted by Gasteiger charge is -2.12. The van der Waals surface area contributed by atoms with Gasteiger partial charge in [-0.2, -0.15) is 0 Å². The SMILES string of the molecule is CC(=O)c1ccc(NC(=O)C(C)OC(=O)/C=C/c2ccccc2)cc1. The minimum Gasteiger partial charge on any atom is -0.449 e. The lowest BCUT2D eigenvalue weighted by atomic mass is 10.1. The van der Waals surface area contributed by atoms with Crippen LogP contribution in [0.15, 0.2) is 60.7 Å². The summed E-state index contributed by atoms with van der Waals surface area (Å²) in [5, 5.41) is 2.64. The molecule has 0 aliphatic rings. The monoisotopic (exact) mass is 337 g/mol. The summed E-state index contributed by atoms with van der Waals surface area (Å²) in [6.07, 6.45) is 1.95. The highest BCUT2D eigenvalue weighted by molar-refractivity contribution is 5.98. The van der Waals surface area contributed by atoms with Crippen molar-refractivity contribution in [1.29, 1.82) is 0 Å². The van der Waals surface area contributed by atoms with Crippen molar-refractivity contribution in [2.75, 3.05) is 5.32 Å². The van der Waals surface area contributed by atoms with E-state index >= 15 is 0 Å². The first-order chi connectivity index (χ1) is 12.0. The second-order valence-electron chi connectivity index (χ2n) is 5.45. The summed E-state index contributed by atoms with van der Waals surface area (Å²) in [5.41, 5.74) is 1.95. The fourth-order valence-electron chi connectivity index (χ4n) is 2.03. The van der Waals surface area contributed by atoms with Crippen LogP contribution in [0.25, 0.3) is 6.08 Å². The third-order valence-electron chi connectivity index (χ3n) is 3.43. The van der Waals surface area contributed by atoms with E-state index in [1.807, 2.05) is 30.3 Å². The molecule has 0 fully saturated rings. The molecule has 25 heavy (non-hydrogen) atoms. The molecule has 1 unspecified atom stereocenters. The fraction of sp³-hybridized carbons (Fsp3) is 0.150. The van der Waals surface area contributed by atoms with E-state index in [0.29, 0.717) is 11.3 Å². The van der Waals surface area contributed by atoms with E-state index in [1.54, 1.807) is 30.3 Å². The first kappa shape index (κ1) is 18.1. The Balaban J connectivity index is 1.88. The quantitative estimate of drug-likeness (QED) is 0.498. The van der Waals surface area contributed by atoms with Crippen LogP contribution in [0, 0.1) is 0 Å². The summed E-state index contributed by atoms with van der Waals surface area (Å²) in [7, 11) is 0. The molecule has 0 aromatic heterocycles. The van der Waals surface area contributed by atoms with E-state index in [0.717, 1.165) is 5.56 Å². The van der Waals surface area contributed by atoms with Crippen LogP contribution in [0.3, 0.4) is 0 Å². The van der Waals surface area contributed by atoms with Gasteiger partial charge < -0.3 is 10.1 Å². The third kappa shape index (κ3) is 5.73. The molecule has 5 nitrogen and oxygen atoms in total. The zero-order chi connectivity index (χ0) is 18.2. The Morgan fingerprint density at radius 1 is 1.00 bits per heavy atom. The maximum Gasteiger partial charge on any atom is 0.331 e. The molecule has 0 bridgehead atoms. The fourth-order valence-corrected chi connectivity index (χ4v) is 2.03. The van der Waals surface area contributed by atoms with Crippen LogP contribution < -0.4 is 5.32 Å². The van der Waals surface area contributed by atoms with Gasteiger partial charge in [0.1, 0.15) is 0 Å². The van der Waals surface area contributed by atoms with Crippen molar-refractivity contribution in [2.45, 2.75) is 20.0 Å². The second-order valence-corrected chi connectivity index (χ2v) is 5.45. The first-order valence-corrected chi connectivity index (χ1v) is 7.81. The minimum absolute atomic E-state index is 0.0506. The predicted octanol–water partition coefficient (Wildman–Crippen LogP) is 3.47. The number of rotatable bonds is 6. The van der Waals surface area contributed by atoms with Crippen LogP contribution in [0.1, 0.15) is 29.8 Å². The molecule has 2 aromatic carbocycles. The summed E-state index contributed by atoms with van der Waals surface area (Å²) in [6, 6.07) is 15.8. The summed E-state index contributed by atoms with van der Waals surface area (Å²) >= 11 is 0. The van der Waals surface area contributed by atoms with Crippen molar-refractivity contribution in [3.05, 3.63) is 71.8 Å². The molecule has 128 valence electrons. The number of amides is 1. The number of anilines is 1. The topological polar surface area (TPSA) is 72.5 Å². The molecular weight excluding hydrogens is 318 g/mol. The summed E-state index contributed by atoms with van der Waals surface area (Å²) < 4.78 is 5.08. The first-order valence-electron chi connectivity index (χ1n) is 7.81. The van der Waals surface area contributed by atoms with Crippen LogP contribution in [-0.2, 0) is 14.3 Å². The average molecular weight is 337 g/mol. The molecule has 2 rings (SSSR count). The van der Waals surface area contributed by atoms with Gasteiger partial charge in [0.25, 0.3) is 5.91 Å². The molecule has 1 N–H and O–H groups in total. The molecule has 2 aromatic rings. The Bertz CT molecular complexity index is 779. The van der Waals surface area contributed by atoms with Crippen LogP contribution >= 0.6 is 0 Å². The molecule has 1 amide bonds. The lowest BCUT2D eigenvalue weighted by Crippen LogP contribution is -2.29. The van der Waals surface area contributed by atoms with E-state index in [-0.39, 0.29) is 5.78 Å². The van der Waals surface area contributed by atoms with Gasteiger partial charge in [0.05, 0.1) is 0 Å². The molecule has 0 saturated carbocycles.